The Morgan fingerprint density at radius 1 is 1.47 bits per heavy atom. The van der Waals surface area contributed by atoms with E-state index < -0.39 is 5.97 Å². The van der Waals surface area contributed by atoms with Crippen LogP contribution in [0.2, 0.25) is 0 Å². The van der Waals surface area contributed by atoms with Crippen LogP contribution in [0.1, 0.15) is 31.9 Å². The average Bonchev–Trinajstić information content (AvgIpc) is 2.37. The minimum Gasteiger partial charge on any atom is -0.481 e. The number of hydrogen-bond donors (Lipinski definition) is 1. The lowest BCUT2D eigenvalue weighted by atomic mass is 9.89. The second-order valence-electron chi connectivity index (χ2n) is 5.56. The fourth-order valence-electron chi connectivity index (χ4n) is 2.87. The number of likely N-dealkylation sites (tertiary alicyclic amines) is 1. The van der Waals surface area contributed by atoms with Gasteiger partial charge in [0, 0.05) is 23.6 Å². The molecule has 1 aliphatic heterocycles. The van der Waals surface area contributed by atoms with Gasteiger partial charge in [0.2, 0.25) is 0 Å². The fraction of sp³-hybridized carbons (Fsp3) is 0.533. The van der Waals surface area contributed by atoms with E-state index in [1.165, 1.54) is 5.56 Å². The Balaban J connectivity index is 2.14. The number of halogens is 1. The number of benzene rings is 1. The van der Waals surface area contributed by atoms with Gasteiger partial charge in [-0.1, -0.05) is 35.0 Å². The van der Waals surface area contributed by atoms with Gasteiger partial charge in [0.25, 0.3) is 0 Å². The Morgan fingerprint density at radius 3 is 2.84 bits per heavy atom. The maximum absolute atomic E-state index is 11.2. The van der Waals surface area contributed by atoms with Gasteiger partial charge in [0.05, 0.1) is 5.92 Å². The zero-order chi connectivity index (χ0) is 14.0. The lowest BCUT2D eigenvalue weighted by Gasteiger charge is -2.38. The largest absolute Gasteiger partial charge is 0.481 e. The second kappa shape index (κ2) is 6.06. The van der Waals surface area contributed by atoms with Crippen LogP contribution in [-0.4, -0.2) is 29.1 Å². The van der Waals surface area contributed by atoms with Gasteiger partial charge in [-0.05, 0) is 37.0 Å². The minimum absolute atomic E-state index is 0.238. The van der Waals surface area contributed by atoms with Crippen molar-refractivity contribution in [1.82, 2.24) is 4.90 Å². The molecule has 0 bridgehead atoms. The van der Waals surface area contributed by atoms with E-state index in [9.17, 15) is 9.90 Å². The van der Waals surface area contributed by atoms with Gasteiger partial charge in [-0.15, -0.1) is 0 Å². The number of aliphatic carboxylic acids is 1. The van der Waals surface area contributed by atoms with Gasteiger partial charge in [-0.2, -0.15) is 0 Å². The summed E-state index contributed by atoms with van der Waals surface area (Å²) in [6.45, 7) is 5.90. The number of nitrogens with zero attached hydrogens (tertiary/aromatic N) is 1. The first kappa shape index (κ1) is 14.5. The number of carboxylic acids is 1. The van der Waals surface area contributed by atoms with E-state index in [0.717, 1.165) is 17.4 Å². The summed E-state index contributed by atoms with van der Waals surface area (Å²) < 4.78 is 1.07. The standard InChI is InChI=1S/C15H20BrNO2/c1-10-6-13(15(18)19)9-17(8-10)11(2)12-4-3-5-14(16)7-12/h3-5,7,10-11,13H,6,8-9H2,1-2H3,(H,18,19). The Labute approximate surface area is 122 Å². The van der Waals surface area contributed by atoms with Gasteiger partial charge in [0.1, 0.15) is 0 Å². The molecule has 1 fully saturated rings. The molecule has 0 aliphatic carbocycles. The van der Waals surface area contributed by atoms with Crippen molar-refractivity contribution >= 4 is 21.9 Å². The third-order valence-electron chi connectivity index (χ3n) is 3.92. The van der Waals surface area contributed by atoms with E-state index in [2.05, 4.69) is 46.8 Å². The lowest BCUT2D eigenvalue weighted by Crippen LogP contribution is -2.43. The lowest BCUT2D eigenvalue weighted by molar-refractivity contribution is -0.144. The number of piperidine rings is 1. The van der Waals surface area contributed by atoms with E-state index in [-0.39, 0.29) is 12.0 Å². The molecule has 3 atom stereocenters. The van der Waals surface area contributed by atoms with Crippen molar-refractivity contribution in [2.75, 3.05) is 13.1 Å². The second-order valence-corrected chi connectivity index (χ2v) is 6.48. The van der Waals surface area contributed by atoms with Crippen LogP contribution in [0, 0.1) is 11.8 Å². The topological polar surface area (TPSA) is 40.5 Å². The summed E-state index contributed by atoms with van der Waals surface area (Å²) in [4.78, 5) is 13.5. The molecule has 0 aromatic heterocycles. The molecule has 1 N–H and O–H groups in total. The molecule has 1 heterocycles. The first-order chi connectivity index (χ1) is 8.97. The first-order valence-electron chi connectivity index (χ1n) is 6.69. The number of rotatable bonds is 3. The van der Waals surface area contributed by atoms with Crippen LogP contribution >= 0.6 is 15.9 Å². The maximum Gasteiger partial charge on any atom is 0.307 e. The predicted octanol–water partition coefficient (Wildman–Crippen LogP) is 3.55. The SMILES string of the molecule is CC1CC(C(=O)O)CN(C(C)c2cccc(Br)c2)C1. The van der Waals surface area contributed by atoms with E-state index in [1.54, 1.807) is 0 Å². The molecule has 0 saturated carbocycles. The maximum atomic E-state index is 11.2. The Hall–Kier alpha value is -0.870. The molecule has 1 saturated heterocycles. The Kier molecular flexibility index (Phi) is 4.63. The fourth-order valence-corrected chi connectivity index (χ4v) is 3.28. The van der Waals surface area contributed by atoms with Crippen molar-refractivity contribution in [3.8, 4) is 0 Å². The number of hydrogen-bond acceptors (Lipinski definition) is 2. The van der Waals surface area contributed by atoms with Crippen molar-refractivity contribution in [1.29, 1.82) is 0 Å². The van der Waals surface area contributed by atoms with E-state index in [4.69, 9.17) is 0 Å². The molecule has 104 valence electrons. The normalized spacial score (nSPS) is 26.1. The molecule has 2 rings (SSSR count). The summed E-state index contributed by atoms with van der Waals surface area (Å²) in [7, 11) is 0. The quantitative estimate of drug-likeness (QED) is 0.923. The molecule has 3 unspecified atom stereocenters. The molecule has 1 aromatic rings. The van der Waals surface area contributed by atoms with E-state index in [0.29, 0.717) is 12.5 Å². The smallest absolute Gasteiger partial charge is 0.307 e. The van der Waals surface area contributed by atoms with Crippen molar-refractivity contribution in [3.63, 3.8) is 0 Å². The van der Waals surface area contributed by atoms with Gasteiger partial charge in [-0.3, -0.25) is 9.69 Å². The number of carboxylic acid groups (broad SMARTS) is 1. The molecular weight excluding hydrogens is 306 g/mol. The molecule has 4 heteroatoms. The molecule has 0 spiro atoms. The van der Waals surface area contributed by atoms with Crippen molar-refractivity contribution < 1.29 is 9.90 Å². The van der Waals surface area contributed by atoms with Crippen LogP contribution in [-0.2, 0) is 4.79 Å². The summed E-state index contributed by atoms with van der Waals surface area (Å²) >= 11 is 3.49. The van der Waals surface area contributed by atoms with Crippen molar-refractivity contribution in [3.05, 3.63) is 34.3 Å². The monoisotopic (exact) mass is 325 g/mol. The molecule has 1 aliphatic rings. The summed E-state index contributed by atoms with van der Waals surface area (Å²) in [5, 5.41) is 9.24. The van der Waals surface area contributed by atoms with E-state index in [1.807, 2.05) is 12.1 Å². The summed E-state index contributed by atoms with van der Waals surface area (Å²) in [6.07, 6.45) is 0.789. The third kappa shape index (κ3) is 3.57. The van der Waals surface area contributed by atoms with Crippen molar-refractivity contribution in [2.24, 2.45) is 11.8 Å². The summed E-state index contributed by atoms with van der Waals surface area (Å²) in [5.41, 5.74) is 1.23. The van der Waals surface area contributed by atoms with Gasteiger partial charge >= 0.3 is 5.97 Å². The molecular formula is C15H20BrNO2. The van der Waals surface area contributed by atoms with E-state index >= 15 is 0 Å². The van der Waals surface area contributed by atoms with Crippen LogP contribution in [0.5, 0.6) is 0 Å². The van der Waals surface area contributed by atoms with Crippen LogP contribution in [0.15, 0.2) is 28.7 Å². The first-order valence-corrected chi connectivity index (χ1v) is 7.49. The average molecular weight is 326 g/mol. The predicted molar refractivity (Wildman–Crippen MR) is 79.0 cm³/mol. The van der Waals surface area contributed by atoms with Crippen molar-refractivity contribution in [2.45, 2.75) is 26.3 Å². The molecule has 19 heavy (non-hydrogen) atoms. The number of carbonyl (C=O) groups is 1. The molecule has 0 radical (unpaired) electrons. The highest BCUT2D eigenvalue weighted by Crippen LogP contribution is 2.30. The van der Waals surface area contributed by atoms with Gasteiger partial charge in [0.15, 0.2) is 0 Å². The summed E-state index contributed by atoms with van der Waals surface area (Å²) in [6, 6.07) is 8.50. The van der Waals surface area contributed by atoms with Crippen LogP contribution in [0.25, 0.3) is 0 Å². The molecule has 0 amide bonds. The molecule has 3 nitrogen and oxygen atoms in total. The molecule has 1 aromatic carbocycles. The zero-order valence-electron chi connectivity index (χ0n) is 11.3. The summed E-state index contributed by atoms with van der Waals surface area (Å²) in [5.74, 6) is -0.471. The van der Waals surface area contributed by atoms with Crippen LogP contribution in [0.3, 0.4) is 0 Å². The highest BCUT2D eigenvalue weighted by molar-refractivity contribution is 9.10. The highest BCUT2D eigenvalue weighted by Gasteiger charge is 2.31. The Bertz CT molecular complexity index is 463. The zero-order valence-corrected chi connectivity index (χ0v) is 12.9. The van der Waals surface area contributed by atoms with Crippen LogP contribution < -0.4 is 0 Å². The Morgan fingerprint density at radius 2 is 2.21 bits per heavy atom. The highest BCUT2D eigenvalue weighted by atomic mass is 79.9. The van der Waals surface area contributed by atoms with Gasteiger partial charge in [-0.25, -0.2) is 0 Å². The third-order valence-corrected chi connectivity index (χ3v) is 4.41. The van der Waals surface area contributed by atoms with Gasteiger partial charge < -0.3 is 5.11 Å². The minimum atomic E-state index is -0.669. The van der Waals surface area contributed by atoms with Crippen LogP contribution in [0.4, 0.5) is 0 Å².